The Morgan fingerprint density at radius 1 is 1.15 bits per heavy atom. The molecule has 2 rings (SSSR count). The molecule has 0 fully saturated rings. The number of hydrogen-bond acceptors (Lipinski definition) is 5. The fourth-order valence-electron chi connectivity index (χ4n) is 2.03. The van der Waals surface area contributed by atoms with Crippen LogP contribution in [-0.4, -0.2) is 26.9 Å². The maximum absolute atomic E-state index is 12.3. The van der Waals surface area contributed by atoms with E-state index in [9.17, 15) is 8.42 Å². The summed E-state index contributed by atoms with van der Waals surface area (Å²) in [6.45, 7) is 6.47. The van der Waals surface area contributed by atoms with E-state index >= 15 is 0 Å². The van der Waals surface area contributed by atoms with Gasteiger partial charge in [0.05, 0.1) is 11.0 Å². The van der Waals surface area contributed by atoms with Gasteiger partial charge in [-0.3, -0.25) is 0 Å². The summed E-state index contributed by atoms with van der Waals surface area (Å²) in [5, 5.41) is -0.407. The summed E-state index contributed by atoms with van der Waals surface area (Å²) in [6.07, 6.45) is 0. The van der Waals surface area contributed by atoms with Crippen LogP contribution in [0.4, 0.5) is 5.69 Å². The summed E-state index contributed by atoms with van der Waals surface area (Å²) >= 11 is 0. The number of nitrogens with two attached hydrogens (primary N) is 1. The van der Waals surface area contributed by atoms with E-state index in [2.05, 4.69) is 0 Å². The van der Waals surface area contributed by atoms with Crippen molar-refractivity contribution in [2.45, 2.75) is 31.8 Å². The van der Waals surface area contributed by atoms with E-state index in [0.29, 0.717) is 36.0 Å². The zero-order valence-electron chi connectivity index (χ0n) is 12.0. The van der Waals surface area contributed by atoms with E-state index < -0.39 is 15.1 Å². The van der Waals surface area contributed by atoms with Gasteiger partial charge >= 0.3 is 0 Å². The molecule has 0 spiro atoms. The smallest absolute Gasteiger partial charge is 0.163 e. The number of hydrogen-bond donors (Lipinski definition) is 1. The normalized spacial score (nSPS) is 16.2. The molecular weight excluding hydrogens is 278 g/mol. The topological polar surface area (TPSA) is 78.6 Å². The summed E-state index contributed by atoms with van der Waals surface area (Å²) in [4.78, 5) is 0. The molecule has 2 N–H and O–H groups in total. The van der Waals surface area contributed by atoms with Gasteiger partial charge in [-0.15, -0.1) is 0 Å². The molecule has 0 saturated heterocycles. The lowest BCUT2D eigenvalue weighted by atomic mass is 10.1. The zero-order valence-corrected chi connectivity index (χ0v) is 12.9. The Morgan fingerprint density at radius 2 is 1.70 bits per heavy atom. The predicted octanol–water partition coefficient (Wildman–Crippen LogP) is 2.00. The quantitative estimate of drug-likeness (QED) is 0.860. The molecule has 5 nitrogen and oxygen atoms in total. The average Bonchev–Trinajstić information content (AvgIpc) is 2.38. The zero-order chi connectivity index (χ0) is 14.9. The molecule has 1 heterocycles. The Labute approximate surface area is 120 Å². The van der Waals surface area contributed by atoms with E-state index in [0.717, 1.165) is 0 Å². The number of benzene rings is 1. The molecule has 112 valence electrons. The highest BCUT2D eigenvalue weighted by atomic mass is 32.2. The lowest BCUT2D eigenvalue weighted by molar-refractivity contribution is 0.171. The monoisotopic (exact) mass is 299 g/mol. The van der Waals surface area contributed by atoms with Crippen molar-refractivity contribution in [3.63, 3.8) is 0 Å². The maximum atomic E-state index is 12.3. The van der Waals surface area contributed by atoms with Crippen molar-refractivity contribution in [3.05, 3.63) is 17.7 Å². The van der Waals surface area contributed by atoms with Gasteiger partial charge in [-0.1, -0.05) is 13.8 Å². The van der Waals surface area contributed by atoms with E-state index in [1.165, 1.54) is 0 Å². The van der Waals surface area contributed by atoms with Crippen LogP contribution in [0.5, 0.6) is 11.5 Å². The van der Waals surface area contributed by atoms with Gasteiger partial charge in [0.15, 0.2) is 21.3 Å². The predicted molar refractivity (Wildman–Crippen MR) is 78.8 cm³/mol. The molecule has 0 aliphatic carbocycles. The highest BCUT2D eigenvalue weighted by Crippen LogP contribution is 2.35. The summed E-state index contributed by atoms with van der Waals surface area (Å²) in [5.41, 5.74) is 6.92. The van der Waals surface area contributed by atoms with Crippen molar-refractivity contribution in [1.29, 1.82) is 0 Å². The van der Waals surface area contributed by atoms with Crippen LogP contribution in [0.15, 0.2) is 12.1 Å². The second-order valence-electron chi connectivity index (χ2n) is 5.45. The lowest BCUT2D eigenvalue weighted by Gasteiger charge is -2.21. The average molecular weight is 299 g/mol. The summed E-state index contributed by atoms with van der Waals surface area (Å²) < 4.78 is 35.6. The Hall–Kier alpha value is -1.43. The Bertz CT molecular complexity index is 595. The SMILES string of the molecule is CC(C)C(C)S(=O)(=O)Cc1cc2c(cc1N)OCCO2. The van der Waals surface area contributed by atoms with Crippen LogP contribution < -0.4 is 15.2 Å². The fraction of sp³-hybridized carbons (Fsp3) is 0.571. The van der Waals surface area contributed by atoms with Crippen molar-refractivity contribution in [3.8, 4) is 11.5 Å². The third-order valence-electron chi connectivity index (χ3n) is 3.67. The van der Waals surface area contributed by atoms with E-state index in [4.69, 9.17) is 15.2 Å². The minimum Gasteiger partial charge on any atom is -0.486 e. The highest BCUT2D eigenvalue weighted by Gasteiger charge is 2.26. The Morgan fingerprint density at radius 3 is 2.25 bits per heavy atom. The minimum atomic E-state index is -3.24. The van der Waals surface area contributed by atoms with Gasteiger partial charge < -0.3 is 15.2 Å². The van der Waals surface area contributed by atoms with Crippen LogP contribution in [0.1, 0.15) is 26.3 Å². The number of rotatable bonds is 4. The van der Waals surface area contributed by atoms with Gasteiger partial charge in [0.25, 0.3) is 0 Å². The van der Waals surface area contributed by atoms with E-state index in [-0.39, 0.29) is 11.7 Å². The minimum absolute atomic E-state index is 0.0680. The van der Waals surface area contributed by atoms with Crippen molar-refractivity contribution in [2.75, 3.05) is 18.9 Å². The van der Waals surface area contributed by atoms with Crippen LogP contribution in [0, 0.1) is 5.92 Å². The van der Waals surface area contributed by atoms with Crippen LogP contribution in [-0.2, 0) is 15.6 Å². The van der Waals surface area contributed by atoms with Crippen LogP contribution in [0.25, 0.3) is 0 Å². The third kappa shape index (κ3) is 3.00. The summed E-state index contributed by atoms with van der Waals surface area (Å²) in [5.74, 6) is 1.13. The van der Waals surface area contributed by atoms with E-state index in [1.54, 1.807) is 19.1 Å². The molecule has 0 bridgehead atoms. The van der Waals surface area contributed by atoms with Crippen LogP contribution in [0.3, 0.4) is 0 Å². The van der Waals surface area contributed by atoms with Crippen molar-refractivity contribution in [1.82, 2.24) is 0 Å². The van der Waals surface area contributed by atoms with Gasteiger partial charge in [-0.05, 0) is 24.5 Å². The molecular formula is C14H21NO4S. The van der Waals surface area contributed by atoms with Crippen molar-refractivity contribution < 1.29 is 17.9 Å². The molecule has 1 unspecified atom stereocenters. The first-order valence-electron chi connectivity index (χ1n) is 6.71. The summed E-state index contributed by atoms with van der Waals surface area (Å²) in [6, 6.07) is 3.31. The van der Waals surface area contributed by atoms with Crippen molar-refractivity contribution in [2.24, 2.45) is 5.92 Å². The van der Waals surface area contributed by atoms with E-state index in [1.807, 2.05) is 13.8 Å². The molecule has 0 amide bonds. The molecule has 0 radical (unpaired) electrons. The van der Waals surface area contributed by atoms with Gasteiger partial charge in [0.2, 0.25) is 0 Å². The van der Waals surface area contributed by atoms with Crippen molar-refractivity contribution >= 4 is 15.5 Å². The van der Waals surface area contributed by atoms with Gasteiger partial charge in [0.1, 0.15) is 13.2 Å². The number of nitrogen functional groups attached to an aromatic ring is 1. The van der Waals surface area contributed by atoms with Crippen LogP contribution in [0.2, 0.25) is 0 Å². The number of sulfone groups is 1. The maximum Gasteiger partial charge on any atom is 0.163 e. The molecule has 1 aromatic rings. The molecule has 1 aliphatic heterocycles. The fourth-order valence-corrected chi connectivity index (χ4v) is 3.81. The molecule has 0 saturated carbocycles. The first-order valence-corrected chi connectivity index (χ1v) is 8.42. The Balaban J connectivity index is 2.30. The standard InChI is InChI=1S/C14H21NO4S/c1-9(2)10(3)20(16,17)8-11-6-13-14(7-12(11)15)19-5-4-18-13/h6-7,9-10H,4-5,8,15H2,1-3H3. The second-order valence-corrected chi connectivity index (χ2v) is 7.81. The molecule has 1 aliphatic rings. The molecule has 20 heavy (non-hydrogen) atoms. The van der Waals surface area contributed by atoms with Gasteiger partial charge in [-0.2, -0.15) is 0 Å². The van der Waals surface area contributed by atoms with Crippen LogP contribution >= 0.6 is 0 Å². The lowest BCUT2D eigenvalue weighted by Crippen LogP contribution is -2.25. The highest BCUT2D eigenvalue weighted by molar-refractivity contribution is 7.91. The van der Waals surface area contributed by atoms with Gasteiger partial charge in [-0.25, -0.2) is 8.42 Å². The Kier molecular flexibility index (Phi) is 4.13. The molecule has 0 aromatic heterocycles. The summed E-state index contributed by atoms with van der Waals surface area (Å²) in [7, 11) is -3.24. The van der Waals surface area contributed by atoms with Gasteiger partial charge in [0, 0.05) is 11.8 Å². The second kappa shape index (κ2) is 5.52. The third-order valence-corrected chi connectivity index (χ3v) is 6.06. The molecule has 1 aromatic carbocycles. The first kappa shape index (κ1) is 15.0. The molecule has 6 heteroatoms. The number of ether oxygens (including phenoxy) is 2. The molecule has 1 atom stereocenters. The number of anilines is 1. The number of fused-ring (bicyclic) bond motifs is 1. The largest absolute Gasteiger partial charge is 0.486 e. The first-order chi connectivity index (χ1) is 9.31.